The molecule has 0 spiro atoms. The Morgan fingerprint density at radius 2 is 1.80 bits per heavy atom. The van der Waals surface area contributed by atoms with Gasteiger partial charge in [-0.2, -0.15) is 0 Å². The minimum absolute atomic E-state index is 0.000437. The zero-order valence-electron chi connectivity index (χ0n) is 12.2. The number of nitrogens with zero attached hydrogens (tertiary/aromatic N) is 2. The zero-order chi connectivity index (χ0) is 14.5. The van der Waals surface area contributed by atoms with Crippen molar-refractivity contribution < 1.29 is 14.7 Å². The van der Waals surface area contributed by atoms with Gasteiger partial charge in [0.15, 0.2) is 0 Å². The molecule has 0 radical (unpaired) electrons. The summed E-state index contributed by atoms with van der Waals surface area (Å²) in [5.74, 6) is -0.156. The van der Waals surface area contributed by atoms with Gasteiger partial charge in [-0.1, -0.05) is 12.8 Å². The number of carboxylic acid groups (broad SMARTS) is 1. The lowest BCUT2D eigenvalue weighted by molar-refractivity contribution is -0.143. The number of carbonyl (C=O) groups is 2. The molecule has 1 saturated carbocycles. The molecule has 1 atom stereocenters. The van der Waals surface area contributed by atoms with Gasteiger partial charge in [0.1, 0.15) is 6.04 Å². The van der Waals surface area contributed by atoms with Gasteiger partial charge in [-0.15, -0.1) is 0 Å². The number of nitrogens with one attached hydrogen (secondary N) is 1. The van der Waals surface area contributed by atoms with E-state index < -0.39 is 12.0 Å². The SMILES string of the molecule is CC(C(=O)O)N1CCN(C(=O)NCC2CCCC2)CC1. The Hall–Kier alpha value is -1.30. The molecule has 2 fully saturated rings. The number of hydrogen-bond acceptors (Lipinski definition) is 3. The maximum atomic E-state index is 12.0. The summed E-state index contributed by atoms with van der Waals surface area (Å²) in [7, 11) is 0. The Bertz CT molecular complexity index is 348. The van der Waals surface area contributed by atoms with E-state index in [2.05, 4.69) is 5.32 Å². The fourth-order valence-corrected chi connectivity index (χ4v) is 3.03. The smallest absolute Gasteiger partial charge is 0.320 e. The molecule has 2 aliphatic rings. The number of urea groups is 1. The van der Waals surface area contributed by atoms with Crippen molar-refractivity contribution in [1.29, 1.82) is 0 Å². The highest BCUT2D eigenvalue weighted by atomic mass is 16.4. The van der Waals surface area contributed by atoms with Crippen LogP contribution in [0.1, 0.15) is 32.6 Å². The molecular formula is C14H25N3O3. The standard InChI is InChI=1S/C14H25N3O3/c1-11(13(18)19)16-6-8-17(9-7-16)14(20)15-10-12-4-2-3-5-12/h11-12H,2-10H2,1H3,(H,15,20)(H,18,19). The zero-order valence-corrected chi connectivity index (χ0v) is 12.2. The Balaban J connectivity index is 1.69. The van der Waals surface area contributed by atoms with Crippen LogP contribution in [0.4, 0.5) is 4.79 Å². The largest absolute Gasteiger partial charge is 0.480 e. The fraction of sp³-hybridized carbons (Fsp3) is 0.857. The van der Waals surface area contributed by atoms with Gasteiger partial charge in [-0.25, -0.2) is 4.79 Å². The highest BCUT2D eigenvalue weighted by Crippen LogP contribution is 2.23. The molecule has 0 aromatic heterocycles. The van der Waals surface area contributed by atoms with Crippen LogP contribution in [-0.2, 0) is 4.79 Å². The molecule has 0 bridgehead atoms. The van der Waals surface area contributed by atoms with E-state index in [1.54, 1.807) is 11.8 Å². The van der Waals surface area contributed by atoms with Gasteiger partial charge < -0.3 is 15.3 Å². The van der Waals surface area contributed by atoms with Gasteiger partial charge in [-0.05, 0) is 25.7 Å². The van der Waals surface area contributed by atoms with Crippen LogP contribution < -0.4 is 5.32 Å². The van der Waals surface area contributed by atoms with Crippen molar-refractivity contribution in [1.82, 2.24) is 15.1 Å². The van der Waals surface area contributed by atoms with E-state index in [1.165, 1.54) is 25.7 Å². The van der Waals surface area contributed by atoms with Gasteiger partial charge in [0.05, 0.1) is 0 Å². The molecular weight excluding hydrogens is 258 g/mol. The molecule has 1 unspecified atom stereocenters. The first kappa shape index (κ1) is 15.1. The molecule has 1 aliphatic heterocycles. The molecule has 1 heterocycles. The van der Waals surface area contributed by atoms with Gasteiger partial charge in [-0.3, -0.25) is 9.69 Å². The Morgan fingerprint density at radius 1 is 1.20 bits per heavy atom. The molecule has 0 aromatic rings. The predicted octanol–water partition coefficient (Wildman–Crippen LogP) is 0.977. The Morgan fingerprint density at radius 3 is 2.35 bits per heavy atom. The monoisotopic (exact) mass is 283 g/mol. The number of hydrogen-bond donors (Lipinski definition) is 2. The summed E-state index contributed by atoms with van der Waals surface area (Å²) in [5, 5.41) is 12.0. The molecule has 114 valence electrons. The highest BCUT2D eigenvalue weighted by Gasteiger charge is 2.27. The number of carbonyl (C=O) groups excluding carboxylic acids is 1. The summed E-state index contributed by atoms with van der Waals surface area (Å²) in [6.07, 6.45) is 5.02. The van der Waals surface area contributed by atoms with Crippen LogP contribution in [0.2, 0.25) is 0 Å². The van der Waals surface area contributed by atoms with Crippen LogP contribution in [0.25, 0.3) is 0 Å². The molecule has 2 amide bonds. The van der Waals surface area contributed by atoms with Gasteiger partial charge in [0.2, 0.25) is 0 Å². The third-order valence-electron chi connectivity index (χ3n) is 4.52. The van der Waals surface area contributed by atoms with Crippen LogP contribution >= 0.6 is 0 Å². The molecule has 1 aliphatic carbocycles. The van der Waals surface area contributed by atoms with Crippen molar-refractivity contribution in [2.45, 2.75) is 38.6 Å². The topological polar surface area (TPSA) is 72.9 Å². The van der Waals surface area contributed by atoms with Crippen LogP contribution in [0.15, 0.2) is 0 Å². The quantitative estimate of drug-likeness (QED) is 0.806. The molecule has 1 saturated heterocycles. The molecule has 20 heavy (non-hydrogen) atoms. The Labute approximate surface area is 120 Å². The summed E-state index contributed by atoms with van der Waals surface area (Å²) in [6, 6.07) is -0.474. The Kier molecular flexibility index (Phi) is 5.23. The first-order valence-corrected chi connectivity index (χ1v) is 7.57. The normalized spacial score (nSPS) is 22.8. The van der Waals surface area contributed by atoms with E-state index in [0.717, 1.165) is 6.54 Å². The van der Waals surface area contributed by atoms with Crippen molar-refractivity contribution >= 4 is 12.0 Å². The summed E-state index contributed by atoms with van der Waals surface area (Å²) in [5.41, 5.74) is 0. The average molecular weight is 283 g/mol. The van der Waals surface area contributed by atoms with Crippen LogP contribution in [0, 0.1) is 5.92 Å². The molecule has 2 rings (SSSR count). The highest BCUT2D eigenvalue weighted by molar-refractivity contribution is 5.75. The second kappa shape index (κ2) is 6.92. The number of rotatable bonds is 4. The minimum Gasteiger partial charge on any atom is -0.480 e. The van der Waals surface area contributed by atoms with Crippen molar-refractivity contribution in [3.8, 4) is 0 Å². The van der Waals surface area contributed by atoms with Gasteiger partial charge in [0.25, 0.3) is 0 Å². The number of aliphatic carboxylic acids is 1. The van der Waals surface area contributed by atoms with Gasteiger partial charge >= 0.3 is 12.0 Å². The molecule has 6 heteroatoms. The van der Waals surface area contributed by atoms with E-state index in [0.29, 0.717) is 32.1 Å². The maximum Gasteiger partial charge on any atom is 0.320 e. The van der Waals surface area contributed by atoms with E-state index >= 15 is 0 Å². The third-order valence-corrected chi connectivity index (χ3v) is 4.52. The molecule has 6 nitrogen and oxygen atoms in total. The third kappa shape index (κ3) is 3.85. The second-order valence-electron chi connectivity index (χ2n) is 5.87. The van der Waals surface area contributed by atoms with E-state index in [-0.39, 0.29) is 6.03 Å². The summed E-state index contributed by atoms with van der Waals surface area (Å²) >= 11 is 0. The lowest BCUT2D eigenvalue weighted by Crippen LogP contribution is -2.55. The summed E-state index contributed by atoms with van der Waals surface area (Å²) in [4.78, 5) is 26.7. The van der Waals surface area contributed by atoms with Crippen LogP contribution in [0.3, 0.4) is 0 Å². The predicted molar refractivity (Wildman–Crippen MR) is 75.6 cm³/mol. The second-order valence-corrected chi connectivity index (χ2v) is 5.87. The van der Waals surface area contributed by atoms with Crippen molar-refractivity contribution in [3.05, 3.63) is 0 Å². The number of piperazine rings is 1. The van der Waals surface area contributed by atoms with E-state index in [9.17, 15) is 9.59 Å². The van der Waals surface area contributed by atoms with Crippen LogP contribution in [-0.4, -0.2) is 65.7 Å². The molecule has 2 N–H and O–H groups in total. The average Bonchev–Trinajstić information content (AvgIpc) is 2.97. The van der Waals surface area contributed by atoms with Crippen molar-refractivity contribution in [3.63, 3.8) is 0 Å². The first-order valence-electron chi connectivity index (χ1n) is 7.57. The lowest BCUT2D eigenvalue weighted by atomic mass is 10.1. The van der Waals surface area contributed by atoms with E-state index in [1.807, 2.05) is 4.90 Å². The summed E-state index contributed by atoms with van der Waals surface area (Å²) < 4.78 is 0. The van der Waals surface area contributed by atoms with Crippen molar-refractivity contribution in [2.75, 3.05) is 32.7 Å². The fourth-order valence-electron chi connectivity index (χ4n) is 3.03. The maximum absolute atomic E-state index is 12.0. The first-order chi connectivity index (χ1) is 9.58. The van der Waals surface area contributed by atoms with E-state index in [4.69, 9.17) is 5.11 Å². The summed E-state index contributed by atoms with van der Waals surface area (Å²) in [6.45, 7) is 4.94. The number of carboxylic acids is 1. The number of amides is 2. The molecule has 0 aromatic carbocycles. The lowest BCUT2D eigenvalue weighted by Gasteiger charge is -2.36. The van der Waals surface area contributed by atoms with Gasteiger partial charge in [0, 0.05) is 32.7 Å². The van der Waals surface area contributed by atoms with Crippen molar-refractivity contribution in [2.24, 2.45) is 5.92 Å². The minimum atomic E-state index is -0.802. The van der Waals surface area contributed by atoms with Crippen LogP contribution in [0.5, 0.6) is 0 Å².